The number of nitrogens with one attached hydrogen (secondary N) is 3. The number of aromatic amines is 1. The van der Waals surface area contributed by atoms with Gasteiger partial charge in [-0.2, -0.15) is 14.5 Å². The molecule has 6 rings (SSSR count). The number of H-pyrrole nitrogens is 1. The molecule has 1 saturated carbocycles. The molecule has 192 valence electrons. The maximum Gasteiger partial charge on any atom is 0.247 e. The molecular formula is C23H24FN9O3S. The molecule has 0 unspecified atom stereocenters. The smallest absolute Gasteiger partial charge is 0.247 e. The molecular weight excluding hydrogens is 501 g/mol. The van der Waals surface area contributed by atoms with E-state index < -0.39 is 33.0 Å². The van der Waals surface area contributed by atoms with E-state index >= 15 is 0 Å². The zero-order chi connectivity index (χ0) is 25.7. The van der Waals surface area contributed by atoms with Gasteiger partial charge < -0.3 is 15.5 Å². The van der Waals surface area contributed by atoms with Crippen LogP contribution >= 0.6 is 0 Å². The Morgan fingerprint density at radius 3 is 2.81 bits per heavy atom. The summed E-state index contributed by atoms with van der Waals surface area (Å²) in [6.07, 6.45) is 6.42. The SMILES string of the molecule is CS(=O)(=O)[C@@H]1C[C@@H](C(=O)Nc2ccc(F)nc2)N(c2nc(Nc3cc(C4CC4)[nH]n3)c3cccn3n2)C1. The molecule has 3 N–H and O–H groups in total. The van der Waals surface area contributed by atoms with E-state index in [-0.39, 0.29) is 18.9 Å². The van der Waals surface area contributed by atoms with Gasteiger partial charge in [-0.15, -0.1) is 5.10 Å². The number of fused-ring (bicyclic) bond motifs is 1. The number of carbonyl (C=O) groups excluding carboxylic acids is 1. The fourth-order valence-corrected chi connectivity index (χ4v) is 5.48. The topological polar surface area (TPSA) is 150 Å². The largest absolute Gasteiger partial charge is 0.326 e. The Balaban J connectivity index is 1.33. The second-order valence-electron chi connectivity index (χ2n) is 9.42. The van der Waals surface area contributed by atoms with Gasteiger partial charge in [-0.25, -0.2) is 17.9 Å². The predicted molar refractivity (Wildman–Crippen MR) is 134 cm³/mol. The van der Waals surface area contributed by atoms with E-state index in [0.29, 0.717) is 28.8 Å². The first-order valence-electron chi connectivity index (χ1n) is 11.8. The summed E-state index contributed by atoms with van der Waals surface area (Å²) in [6, 6.07) is 7.24. The molecule has 12 nitrogen and oxygen atoms in total. The number of anilines is 4. The van der Waals surface area contributed by atoms with Crippen LogP contribution in [0.25, 0.3) is 5.52 Å². The standard InChI is InChI=1S/C23H24FN9O3S/c1-37(35,36)15-9-18(22(34)26-14-6-7-19(24)25-11-14)32(12-15)23-28-21(17-3-2-8-33(17)31-23)27-20-10-16(29-30-20)13-4-5-13/h2-3,6-8,10-11,13,15,18H,4-5,9,12H2,1H3,(H,26,34)(H2,27,28,29,30,31)/t15-,18+/m1/s1. The predicted octanol–water partition coefficient (Wildman–Crippen LogP) is 2.24. The van der Waals surface area contributed by atoms with E-state index in [4.69, 9.17) is 0 Å². The molecule has 0 radical (unpaired) electrons. The van der Waals surface area contributed by atoms with Crippen molar-refractivity contribution in [3.8, 4) is 0 Å². The molecule has 2 fully saturated rings. The first-order valence-corrected chi connectivity index (χ1v) is 13.8. The number of pyridine rings is 1. The minimum atomic E-state index is -3.45. The Kier molecular flexibility index (Phi) is 5.55. The maximum atomic E-state index is 13.3. The summed E-state index contributed by atoms with van der Waals surface area (Å²) in [5, 5.41) is 17.1. The monoisotopic (exact) mass is 525 g/mol. The van der Waals surface area contributed by atoms with E-state index in [2.05, 4.69) is 35.9 Å². The molecule has 1 saturated heterocycles. The van der Waals surface area contributed by atoms with Crippen LogP contribution < -0.4 is 15.5 Å². The highest BCUT2D eigenvalue weighted by Gasteiger charge is 2.43. The molecule has 4 aromatic rings. The first kappa shape index (κ1) is 23.3. The van der Waals surface area contributed by atoms with Crippen molar-refractivity contribution in [3.05, 3.63) is 54.4 Å². The highest BCUT2D eigenvalue weighted by molar-refractivity contribution is 7.91. The van der Waals surface area contributed by atoms with Crippen LogP contribution in [0.4, 0.5) is 27.7 Å². The average molecular weight is 526 g/mol. The molecule has 1 amide bonds. The molecule has 2 aliphatic rings. The second kappa shape index (κ2) is 8.80. The van der Waals surface area contributed by atoms with Crippen LogP contribution in [0, 0.1) is 5.95 Å². The van der Waals surface area contributed by atoms with Crippen LogP contribution in [0.5, 0.6) is 0 Å². The fourth-order valence-electron chi connectivity index (χ4n) is 4.51. The number of hydrogen-bond acceptors (Lipinski definition) is 9. The summed E-state index contributed by atoms with van der Waals surface area (Å²) in [4.78, 5) is 23.1. The second-order valence-corrected chi connectivity index (χ2v) is 11.7. The minimum Gasteiger partial charge on any atom is -0.326 e. The molecule has 4 aromatic heterocycles. The number of halogens is 1. The summed E-state index contributed by atoms with van der Waals surface area (Å²) in [5.74, 6) is 0.619. The minimum absolute atomic E-state index is 0.0407. The van der Waals surface area contributed by atoms with Gasteiger partial charge in [-0.3, -0.25) is 9.89 Å². The van der Waals surface area contributed by atoms with Gasteiger partial charge in [0.25, 0.3) is 0 Å². The molecule has 1 aliphatic heterocycles. The van der Waals surface area contributed by atoms with Gasteiger partial charge in [-0.1, -0.05) is 0 Å². The zero-order valence-electron chi connectivity index (χ0n) is 19.8. The Morgan fingerprint density at radius 1 is 1.24 bits per heavy atom. The first-order chi connectivity index (χ1) is 17.7. The van der Waals surface area contributed by atoms with Crippen LogP contribution in [0.15, 0.2) is 42.7 Å². The van der Waals surface area contributed by atoms with Crippen molar-refractivity contribution in [1.82, 2.24) is 29.8 Å². The van der Waals surface area contributed by atoms with Gasteiger partial charge in [0.15, 0.2) is 21.5 Å². The Labute approximate surface area is 211 Å². The Bertz CT molecular complexity index is 1580. The number of sulfone groups is 1. The molecule has 14 heteroatoms. The maximum absolute atomic E-state index is 13.3. The van der Waals surface area contributed by atoms with Gasteiger partial charge >= 0.3 is 0 Å². The van der Waals surface area contributed by atoms with Crippen molar-refractivity contribution in [1.29, 1.82) is 0 Å². The Morgan fingerprint density at radius 2 is 2.08 bits per heavy atom. The van der Waals surface area contributed by atoms with Crippen LogP contribution in [0.2, 0.25) is 0 Å². The highest BCUT2D eigenvalue weighted by atomic mass is 32.2. The number of nitrogens with zero attached hydrogens (tertiary/aromatic N) is 6. The summed E-state index contributed by atoms with van der Waals surface area (Å²) >= 11 is 0. The van der Waals surface area contributed by atoms with E-state index in [1.807, 2.05) is 18.2 Å². The lowest BCUT2D eigenvalue weighted by Gasteiger charge is -2.24. The quantitative estimate of drug-likeness (QED) is 0.309. The van der Waals surface area contributed by atoms with E-state index in [1.54, 1.807) is 15.6 Å². The summed E-state index contributed by atoms with van der Waals surface area (Å²) in [5.41, 5.74) is 2.05. The third kappa shape index (κ3) is 4.71. The van der Waals surface area contributed by atoms with Crippen molar-refractivity contribution >= 4 is 44.5 Å². The van der Waals surface area contributed by atoms with Crippen LogP contribution in [0.3, 0.4) is 0 Å². The van der Waals surface area contributed by atoms with Gasteiger partial charge in [0.2, 0.25) is 17.8 Å². The summed E-state index contributed by atoms with van der Waals surface area (Å²) in [7, 11) is -3.45. The summed E-state index contributed by atoms with van der Waals surface area (Å²) in [6.45, 7) is 0.0407. The van der Waals surface area contributed by atoms with Crippen LogP contribution in [-0.2, 0) is 14.6 Å². The molecule has 1 aliphatic carbocycles. The third-order valence-corrected chi connectivity index (χ3v) is 8.22. The van der Waals surface area contributed by atoms with Gasteiger partial charge in [0.05, 0.1) is 17.1 Å². The molecule has 37 heavy (non-hydrogen) atoms. The molecule has 0 spiro atoms. The summed E-state index contributed by atoms with van der Waals surface area (Å²) < 4.78 is 39.7. The van der Waals surface area contributed by atoms with Crippen molar-refractivity contribution < 1.29 is 17.6 Å². The number of carbonyl (C=O) groups is 1. The Hall–Kier alpha value is -4.07. The number of hydrogen-bond donors (Lipinski definition) is 3. The van der Waals surface area contributed by atoms with Gasteiger partial charge in [-0.05, 0) is 43.5 Å². The number of aromatic nitrogens is 6. The van der Waals surface area contributed by atoms with Crippen molar-refractivity contribution in [2.45, 2.75) is 36.5 Å². The average Bonchev–Trinajstić information content (AvgIpc) is 3.24. The van der Waals surface area contributed by atoms with Crippen molar-refractivity contribution in [2.75, 3.05) is 28.3 Å². The molecule has 0 bridgehead atoms. The molecule has 5 heterocycles. The van der Waals surface area contributed by atoms with Gasteiger partial charge in [0.1, 0.15) is 11.6 Å². The number of rotatable bonds is 7. The third-order valence-electron chi connectivity index (χ3n) is 6.66. The van der Waals surface area contributed by atoms with E-state index in [1.165, 1.54) is 12.3 Å². The number of amides is 1. The van der Waals surface area contributed by atoms with E-state index in [9.17, 15) is 17.6 Å². The van der Waals surface area contributed by atoms with E-state index in [0.717, 1.165) is 30.9 Å². The highest BCUT2D eigenvalue weighted by Crippen LogP contribution is 2.40. The van der Waals surface area contributed by atoms with Crippen molar-refractivity contribution in [3.63, 3.8) is 0 Å². The van der Waals surface area contributed by atoms with Gasteiger partial charge in [0, 0.05) is 36.7 Å². The zero-order valence-corrected chi connectivity index (χ0v) is 20.6. The van der Waals surface area contributed by atoms with Crippen molar-refractivity contribution in [2.24, 2.45) is 0 Å². The lowest BCUT2D eigenvalue weighted by Crippen LogP contribution is -2.41. The molecule has 0 aromatic carbocycles. The lowest BCUT2D eigenvalue weighted by atomic mass is 10.2. The van der Waals surface area contributed by atoms with Crippen LogP contribution in [-0.4, -0.2) is 68.2 Å². The fraction of sp³-hybridized carbons (Fsp3) is 0.348. The van der Waals surface area contributed by atoms with Crippen LogP contribution in [0.1, 0.15) is 30.9 Å². The lowest BCUT2D eigenvalue weighted by molar-refractivity contribution is -0.117. The molecule has 2 atom stereocenters. The normalized spacial score (nSPS) is 19.9.